The molecular weight excluding hydrogens is 294 g/mol. The van der Waals surface area contributed by atoms with Gasteiger partial charge in [-0.2, -0.15) is 0 Å². The highest BCUT2D eigenvalue weighted by Crippen LogP contribution is 2.27. The molecule has 0 aromatic heterocycles. The Balaban J connectivity index is 2.28. The molecular formula is C17H23N3O3. The lowest BCUT2D eigenvalue weighted by atomic mass is 10.0. The Bertz CT molecular complexity index is 612. The Hall–Kier alpha value is -2.21. The van der Waals surface area contributed by atoms with Crippen LogP contribution in [0, 0.1) is 5.92 Å². The lowest BCUT2D eigenvalue weighted by Crippen LogP contribution is -2.55. The predicted octanol–water partition coefficient (Wildman–Crippen LogP) is 1.16. The number of carbonyl (C=O) groups is 3. The summed E-state index contributed by atoms with van der Waals surface area (Å²) in [6, 6.07) is 5.76. The van der Waals surface area contributed by atoms with Crippen molar-refractivity contribution in [1.29, 1.82) is 0 Å². The fourth-order valence-electron chi connectivity index (χ4n) is 2.60. The largest absolute Gasteiger partial charge is 0.352 e. The van der Waals surface area contributed by atoms with E-state index in [0.29, 0.717) is 11.1 Å². The molecule has 2 rings (SSSR count). The van der Waals surface area contributed by atoms with Gasteiger partial charge >= 0.3 is 0 Å². The Labute approximate surface area is 136 Å². The molecule has 23 heavy (non-hydrogen) atoms. The van der Waals surface area contributed by atoms with E-state index in [1.165, 1.54) is 0 Å². The van der Waals surface area contributed by atoms with Crippen LogP contribution in [0.4, 0.5) is 0 Å². The van der Waals surface area contributed by atoms with Gasteiger partial charge in [-0.25, -0.2) is 0 Å². The maximum atomic E-state index is 12.6. The summed E-state index contributed by atoms with van der Waals surface area (Å²) in [6.45, 7) is 7.46. The van der Waals surface area contributed by atoms with E-state index in [1.807, 2.05) is 0 Å². The molecule has 124 valence electrons. The first kappa shape index (κ1) is 17.1. The van der Waals surface area contributed by atoms with Crippen molar-refractivity contribution in [3.05, 3.63) is 35.4 Å². The van der Waals surface area contributed by atoms with Gasteiger partial charge in [0.1, 0.15) is 6.04 Å². The van der Waals surface area contributed by atoms with Crippen LogP contribution in [-0.4, -0.2) is 40.7 Å². The van der Waals surface area contributed by atoms with Crippen LogP contribution < -0.4 is 11.1 Å². The summed E-state index contributed by atoms with van der Waals surface area (Å²) >= 11 is 0. The fourth-order valence-corrected chi connectivity index (χ4v) is 2.60. The second kappa shape index (κ2) is 6.12. The number of benzene rings is 1. The van der Waals surface area contributed by atoms with Gasteiger partial charge in [0.25, 0.3) is 11.8 Å². The van der Waals surface area contributed by atoms with Crippen molar-refractivity contribution in [3.63, 3.8) is 0 Å². The van der Waals surface area contributed by atoms with Gasteiger partial charge in [0.2, 0.25) is 5.91 Å². The minimum absolute atomic E-state index is 0.210. The number of hydrogen-bond acceptors (Lipinski definition) is 4. The number of amides is 3. The van der Waals surface area contributed by atoms with Crippen LogP contribution in [0.25, 0.3) is 0 Å². The number of nitrogens with zero attached hydrogens (tertiary/aromatic N) is 1. The van der Waals surface area contributed by atoms with Crippen LogP contribution in [0.3, 0.4) is 0 Å². The van der Waals surface area contributed by atoms with Crippen molar-refractivity contribution in [2.45, 2.75) is 39.3 Å². The fraction of sp³-hybridized carbons (Fsp3) is 0.471. The summed E-state index contributed by atoms with van der Waals surface area (Å²) in [5.41, 5.74) is 5.99. The number of nitrogens with one attached hydrogen (secondary N) is 1. The quantitative estimate of drug-likeness (QED) is 0.797. The predicted molar refractivity (Wildman–Crippen MR) is 86.8 cm³/mol. The average Bonchev–Trinajstić information content (AvgIpc) is 2.70. The van der Waals surface area contributed by atoms with Gasteiger partial charge in [0, 0.05) is 12.1 Å². The smallest absolute Gasteiger partial charge is 0.262 e. The normalized spacial score (nSPS) is 15.8. The minimum atomic E-state index is -0.857. The zero-order valence-corrected chi connectivity index (χ0v) is 13.9. The van der Waals surface area contributed by atoms with Crippen LogP contribution in [0.2, 0.25) is 0 Å². The lowest BCUT2D eigenvalue weighted by molar-refractivity contribution is -0.126. The number of fused-ring (bicyclic) bond motifs is 1. The number of carbonyl (C=O) groups excluding carboxylic acids is 3. The maximum Gasteiger partial charge on any atom is 0.262 e. The van der Waals surface area contributed by atoms with Crippen LogP contribution in [0.15, 0.2) is 24.3 Å². The van der Waals surface area contributed by atoms with Crippen LogP contribution >= 0.6 is 0 Å². The molecule has 0 fully saturated rings. The van der Waals surface area contributed by atoms with Gasteiger partial charge in [-0.1, -0.05) is 26.0 Å². The number of rotatable bonds is 5. The molecule has 1 aliphatic rings. The second-order valence-electron chi connectivity index (χ2n) is 6.92. The summed E-state index contributed by atoms with van der Waals surface area (Å²) in [5, 5.41) is 2.74. The van der Waals surface area contributed by atoms with Crippen LogP contribution in [0.1, 0.15) is 48.4 Å². The van der Waals surface area contributed by atoms with Crippen LogP contribution in [-0.2, 0) is 4.79 Å². The van der Waals surface area contributed by atoms with E-state index in [1.54, 1.807) is 52.0 Å². The van der Waals surface area contributed by atoms with Crippen molar-refractivity contribution in [1.82, 2.24) is 10.2 Å². The summed E-state index contributed by atoms with van der Waals surface area (Å²) in [5.74, 6) is -1.43. The number of imide groups is 1. The first-order valence-corrected chi connectivity index (χ1v) is 7.67. The summed E-state index contributed by atoms with van der Waals surface area (Å²) in [7, 11) is 0. The van der Waals surface area contributed by atoms with Gasteiger partial charge in [-0.3, -0.25) is 19.3 Å². The molecule has 6 heteroatoms. The maximum absolute atomic E-state index is 12.6. The van der Waals surface area contributed by atoms with Gasteiger partial charge in [0.05, 0.1) is 11.1 Å². The van der Waals surface area contributed by atoms with E-state index in [-0.39, 0.29) is 18.4 Å². The molecule has 0 spiro atoms. The Morgan fingerprint density at radius 3 is 2.04 bits per heavy atom. The van der Waals surface area contributed by atoms with Crippen LogP contribution in [0.5, 0.6) is 0 Å². The van der Waals surface area contributed by atoms with Crippen molar-refractivity contribution in [2.75, 3.05) is 6.54 Å². The van der Waals surface area contributed by atoms with E-state index in [0.717, 1.165) is 4.90 Å². The molecule has 1 atom stereocenters. The zero-order valence-electron chi connectivity index (χ0n) is 13.9. The van der Waals surface area contributed by atoms with E-state index < -0.39 is 23.4 Å². The molecule has 1 aliphatic heterocycles. The first-order valence-electron chi connectivity index (χ1n) is 7.67. The van der Waals surface area contributed by atoms with E-state index >= 15 is 0 Å². The third-order valence-corrected chi connectivity index (χ3v) is 3.72. The highest BCUT2D eigenvalue weighted by atomic mass is 16.2. The molecule has 3 amide bonds. The van der Waals surface area contributed by atoms with E-state index in [4.69, 9.17) is 5.73 Å². The molecule has 1 aromatic rings. The molecule has 0 aliphatic carbocycles. The van der Waals surface area contributed by atoms with Gasteiger partial charge in [-0.15, -0.1) is 0 Å². The number of hydrogen-bond donors (Lipinski definition) is 2. The summed E-state index contributed by atoms with van der Waals surface area (Å²) < 4.78 is 0. The molecule has 3 N–H and O–H groups in total. The summed E-state index contributed by atoms with van der Waals surface area (Å²) in [4.78, 5) is 38.7. The zero-order chi connectivity index (χ0) is 17.4. The summed E-state index contributed by atoms with van der Waals surface area (Å²) in [6.07, 6.45) is 0. The Morgan fingerprint density at radius 2 is 1.65 bits per heavy atom. The SMILES string of the molecule is CC(C)C(C(=O)NCC(C)(C)N)N1C(=O)c2ccccc2C1=O. The molecule has 0 radical (unpaired) electrons. The Morgan fingerprint density at radius 1 is 1.17 bits per heavy atom. The van der Waals surface area contributed by atoms with Gasteiger partial charge in [-0.05, 0) is 31.9 Å². The molecule has 1 unspecified atom stereocenters. The molecule has 0 saturated heterocycles. The van der Waals surface area contributed by atoms with E-state index in [2.05, 4.69) is 5.32 Å². The molecule has 0 saturated carbocycles. The standard InChI is InChI=1S/C17H23N3O3/c1-10(2)13(14(21)19-9-17(3,4)18)20-15(22)11-7-5-6-8-12(11)16(20)23/h5-8,10,13H,9,18H2,1-4H3,(H,19,21). The third-order valence-electron chi connectivity index (χ3n) is 3.72. The van der Waals surface area contributed by atoms with Crippen molar-refractivity contribution >= 4 is 17.7 Å². The number of nitrogens with two attached hydrogens (primary N) is 1. The average molecular weight is 317 g/mol. The highest BCUT2D eigenvalue weighted by Gasteiger charge is 2.43. The third kappa shape index (κ3) is 3.42. The lowest BCUT2D eigenvalue weighted by Gasteiger charge is -2.29. The van der Waals surface area contributed by atoms with Gasteiger partial charge < -0.3 is 11.1 Å². The molecule has 6 nitrogen and oxygen atoms in total. The van der Waals surface area contributed by atoms with Crippen molar-refractivity contribution < 1.29 is 14.4 Å². The highest BCUT2D eigenvalue weighted by molar-refractivity contribution is 6.22. The van der Waals surface area contributed by atoms with E-state index in [9.17, 15) is 14.4 Å². The monoisotopic (exact) mass is 317 g/mol. The van der Waals surface area contributed by atoms with Crippen molar-refractivity contribution in [2.24, 2.45) is 11.7 Å². The topological polar surface area (TPSA) is 92.5 Å². The minimum Gasteiger partial charge on any atom is -0.352 e. The Kier molecular flexibility index (Phi) is 4.56. The first-order chi connectivity index (χ1) is 10.6. The van der Waals surface area contributed by atoms with Crippen molar-refractivity contribution in [3.8, 4) is 0 Å². The molecule has 1 heterocycles. The van der Waals surface area contributed by atoms with Gasteiger partial charge in [0.15, 0.2) is 0 Å². The molecule has 0 bridgehead atoms. The second-order valence-corrected chi connectivity index (χ2v) is 6.92. The molecule has 1 aromatic carbocycles.